The zero-order chi connectivity index (χ0) is 26.4. The first kappa shape index (κ1) is 27.1. The largest absolute Gasteiger partial charge is 0.466 e. The summed E-state index contributed by atoms with van der Waals surface area (Å²) >= 11 is 6.05. The number of aromatic amines is 1. The van der Waals surface area contributed by atoms with Crippen molar-refractivity contribution in [2.75, 3.05) is 26.2 Å². The van der Waals surface area contributed by atoms with Crippen molar-refractivity contribution < 1.29 is 22.7 Å². The molecule has 1 saturated heterocycles. The minimum atomic E-state index is -2.70. The van der Waals surface area contributed by atoms with Gasteiger partial charge in [0.1, 0.15) is 5.82 Å². The molecule has 1 aliphatic rings. The second-order valence-corrected chi connectivity index (χ2v) is 10.0. The molecule has 1 fully saturated rings. The summed E-state index contributed by atoms with van der Waals surface area (Å²) in [5.41, 5.74) is 2.97. The highest BCUT2D eigenvalue weighted by molar-refractivity contribution is 6.30. The number of H-pyrrole nitrogens is 1. The van der Waals surface area contributed by atoms with Crippen LogP contribution in [-0.2, 0) is 22.4 Å². The summed E-state index contributed by atoms with van der Waals surface area (Å²) in [5, 5.41) is 11.0. The number of carbonyl (C=O) groups is 1. The third-order valence-corrected chi connectivity index (χ3v) is 6.85. The van der Waals surface area contributed by atoms with Gasteiger partial charge in [0.25, 0.3) is 5.92 Å². The summed E-state index contributed by atoms with van der Waals surface area (Å²) < 4.78 is 46.4. The molecule has 1 aromatic heterocycles. The number of hydrogen-bond acceptors (Lipinski definition) is 5. The van der Waals surface area contributed by atoms with Gasteiger partial charge in [-0.05, 0) is 67.9 Å². The monoisotopic (exact) mass is 534 g/mol. The molecule has 1 aliphatic heterocycles. The van der Waals surface area contributed by atoms with Crippen LogP contribution in [0.2, 0.25) is 5.02 Å². The Balaban J connectivity index is 1.49. The fourth-order valence-corrected chi connectivity index (χ4v) is 5.00. The van der Waals surface area contributed by atoms with Crippen LogP contribution in [0.25, 0.3) is 11.1 Å². The Bertz CT molecular complexity index is 1170. The number of esters is 1. The van der Waals surface area contributed by atoms with Gasteiger partial charge in [-0.15, -0.1) is 0 Å². The van der Waals surface area contributed by atoms with Crippen molar-refractivity contribution in [3.8, 4) is 11.1 Å². The van der Waals surface area contributed by atoms with Crippen LogP contribution in [-0.4, -0.2) is 58.4 Å². The summed E-state index contributed by atoms with van der Waals surface area (Å²) in [6.45, 7) is 1.53. The molecule has 3 aromatic rings. The molecule has 198 valence electrons. The molecular weight excluding hydrogens is 505 g/mol. The van der Waals surface area contributed by atoms with Crippen LogP contribution in [0.4, 0.5) is 13.2 Å². The number of halogens is 4. The highest BCUT2D eigenvalue weighted by Gasteiger charge is 2.45. The Kier molecular flexibility index (Phi) is 8.87. The summed E-state index contributed by atoms with van der Waals surface area (Å²) in [5.74, 6) is -3.87. The van der Waals surface area contributed by atoms with Crippen molar-refractivity contribution in [2.24, 2.45) is 11.8 Å². The molecule has 0 unspecified atom stereocenters. The normalized spacial score (nSPS) is 16.7. The molecule has 6 nitrogen and oxygen atoms in total. The molecule has 10 heteroatoms. The first-order chi connectivity index (χ1) is 17.7. The van der Waals surface area contributed by atoms with Crippen molar-refractivity contribution in [3.63, 3.8) is 0 Å². The Morgan fingerprint density at radius 2 is 1.97 bits per heavy atom. The number of nitrogens with one attached hydrogen (secondary N) is 1. The number of benzene rings is 2. The number of rotatable bonds is 12. The minimum Gasteiger partial charge on any atom is -0.466 e. The van der Waals surface area contributed by atoms with Crippen LogP contribution in [0.1, 0.15) is 31.0 Å². The van der Waals surface area contributed by atoms with Gasteiger partial charge in [0.15, 0.2) is 0 Å². The molecule has 0 amide bonds. The number of nitrogens with zero attached hydrogens (tertiary/aromatic N) is 3. The van der Waals surface area contributed by atoms with Gasteiger partial charge in [0.05, 0.1) is 37.5 Å². The van der Waals surface area contributed by atoms with Gasteiger partial charge in [-0.3, -0.25) is 9.69 Å². The average molecular weight is 535 g/mol. The Labute approximate surface area is 219 Å². The lowest BCUT2D eigenvalue weighted by molar-refractivity contribution is -0.158. The maximum atomic E-state index is 14.3. The molecule has 1 N–H and O–H groups in total. The zero-order valence-corrected chi connectivity index (χ0v) is 21.4. The Morgan fingerprint density at radius 3 is 2.62 bits per heavy atom. The quantitative estimate of drug-likeness (QED) is 0.307. The van der Waals surface area contributed by atoms with E-state index in [4.69, 9.17) is 16.3 Å². The number of ether oxygens (including phenoxy) is 1. The highest BCUT2D eigenvalue weighted by atomic mass is 35.5. The van der Waals surface area contributed by atoms with Crippen molar-refractivity contribution in [3.05, 3.63) is 70.8 Å². The predicted octanol–water partition coefficient (Wildman–Crippen LogP) is 5.58. The molecule has 2 aromatic carbocycles. The van der Waals surface area contributed by atoms with E-state index in [1.165, 1.54) is 12.1 Å². The van der Waals surface area contributed by atoms with E-state index < -0.39 is 11.8 Å². The van der Waals surface area contributed by atoms with Gasteiger partial charge in [0.2, 0.25) is 0 Å². The van der Waals surface area contributed by atoms with Crippen molar-refractivity contribution in [1.82, 2.24) is 20.3 Å². The van der Waals surface area contributed by atoms with Gasteiger partial charge < -0.3 is 4.74 Å². The average Bonchev–Trinajstić information content (AvgIpc) is 3.37. The molecule has 2 heterocycles. The second kappa shape index (κ2) is 12.1. The molecular formula is C27H30ClF3N4O2. The third kappa shape index (κ3) is 7.55. The van der Waals surface area contributed by atoms with E-state index >= 15 is 0 Å². The van der Waals surface area contributed by atoms with E-state index in [1.54, 1.807) is 24.1 Å². The summed E-state index contributed by atoms with van der Waals surface area (Å²) in [6, 6.07) is 12.0. The number of hydrogen-bond donors (Lipinski definition) is 1. The van der Waals surface area contributed by atoms with Gasteiger partial charge >= 0.3 is 5.97 Å². The fraction of sp³-hybridized carbons (Fsp3) is 0.444. The van der Waals surface area contributed by atoms with Crippen LogP contribution in [0.5, 0.6) is 0 Å². The Hall–Kier alpha value is -2.91. The second-order valence-electron chi connectivity index (χ2n) is 9.60. The molecule has 0 saturated carbocycles. The SMILES string of the molecule is CCOC(=O)[C@@H](C[C@H](CCc1cn[nH]n1)Cc1ccc(-c2cc(Cl)ccc2F)cc1)CN1CC(F)(F)C1. The van der Waals surface area contributed by atoms with Crippen LogP contribution >= 0.6 is 11.6 Å². The smallest absolute Gasteiger partial charge is 0.310 e. The number of aryl methyl sites for hydroxylation is 1. The van der Waals surface area contributed by atoms with Crippen LogP contribution < -0.4 is 0 Å². The Morgan fingerprint density at radius 1 is 1.22 bits per heavy atom. The first-order valence-corrected chi connectivity index (χ1v) is 12.8. The summed E-state index contributed by atoms with van der Waals surface area (Å²) in [4.78, 5) is 14.4. The first-order valence-electron chi connectivity index (χ1n) is 12.4. The number of likely N-dealkylation sites (tertiary alicyclic amines) is 1. The lowest BCUT2D eigenvalue weighted by atomic mass is 9.85. The number of carbonyl (C=O) groups excluding carboxylic acids is 1. The molecule has 0 spiro atoms. The molecule has 2 atom stereocenters. The van der Waals surface area contributed by atoms with Gasteiger partial charge in [0, 0.05) is 17.1 Å². The minimum absolute atomic E-state index is 0.0571. The van der Waals surface area contributed by atoms with E-state index in [1.807, 2.05) is 24.3 Å². The van der Waals surface area contributed by atoms with Crippen molar-refractivity contribution >= 4 is 17.6 Å². The zero-order valence-electron chi connectivity index (χ0n) is 20.6. The van der Waals surface area contributed by atoms with Gasteiger partial charge in [-0.25, -0.2) is 13.2 Å². The lowest BCUT2D eigenvalue weighted by Gasteiger charge is -2.40. The maximum absolute atomic E-state index is 14.3. The standard InChI is InChI=1S/C27H30ClF3N4O2/c1-2-37-26(36)21(15-35-16-27(30,31)17-35)12-19(5-9-23-14-32-34-33-23)11-18-3-6-20(7-4-18)24-13-22(28)8-10-25(24)29/h3-4,6-8,10,13-14,19,21H,2,5,9,11-12,15-17H2,1H3,(H,32,33,34)/t19-,21+/m1/s1. The van der Waals surface area contributed by atoms with E-state index in [0.717, 1.165) is 17.7 Å². The lowest BCUT2D eigenvalue weighted by Crippen LogP contribution is -2.57. The van der Waals surface area contributed by atoms with Crippen molar-refractivity contribution in [1.29, 1.82) is 0 Å². The van der Waals surface area contributed by atoms with Crippen LogP contribution in [0.15, 0.2) is 48.7 Å². The fourth-order valence-electron chi connectivity index (χ4n) is 4.83. The summed E-state index contributed by atoms with van der Waals surface area (Å²) in [7, 11) is 0. The highest BCUT2D eigenvalue weighted by Crippen LogP contribution is 2.31. The topological polar surface area (TPSA) is 71.1 Å². The van der Waals surface area contributed by atoms with Gasteiger partial charge in [-0.2, -0.15) is 15.4 Å². The molecule has 0 radical (unpaired) electrons. The number of aromatic nitrogens is 3. The third-order valence-electron chi connectivity index (χ3n) is 6.62. The van der Waals surface area contributed by atoms with E-state index in [2.05, 4.69) is 15.4 Å². The predicted molar refractivity (Wildman–Crippen MR) is 135 cm³/mol. The molecule has 0 bridgehead atoms. The maximum Gasteiger partial charge on any atom is 0.310 e. The molecule has 4 rings (SSSR count). The van der Waals surface area contributed by atoms with Crippen LogP contribution in [0.3, 0.4) is 0 Å². The number of alkyl halides is 2. The van der Waals surface area contributed by atoms with Gasteiger partial charge in [-0.1, -0.05) is 35.9 Å². The van der Waals surface area contributed by atoms with E-state index in [-0.39, 0.29) is 43.9 Å². The summed E-state index contributed by atoms with van der Waals surface area (Å²) in [6.07, 6.45) is 4.19. The van der Waals surface area contributed by atoms with E-state index in [9.17, 15) is 18.0 Å². The molecule has 37 heavy (non-hydrogen) atoms. The van der Waals surface area contributed by atoms with Crippen LogP contribution in [0, 0.1) is 17.7 Å². The van der Waals surface area contributed by atoms with E-state index in [0.29, 0.717) is 35.4 Å². The van der Waals surface area contributed by atoms with Crippen molar-refractivity contribution in [2.45, 2.75) is 38.5 Å². The molecule has 0 aliphatic carbocycles.